The maximum Gasteiger partial charge on any atom is 0.335 e. The standard InChI is InChI=1S/C16H16O4/c1-5-8-18-13-9-14(19-12(4)6-2)11-15(10-13)20-16(17)7-3/h5-7,9-11H,1-4,8H2. The summed E-state index contributed by atoms with van der Waals surface area (Å²) in [6, 6.07) is 4.74. The Hall–Kier alpha value is -2.75. The summed E-state index contributed by atoms with van der Waals surface area (Å²) in [4.78, 5) is 11.2. The molecule has 1 aromatic rings. The van der Waals surface area contributed by atoms with Crippen molar-refractivity contribution >= 4 is 5.97 Å². The fraction of sp³-hybridized carbons (Fsp3) is 0.0625. The molecule has 0 amide bonds. The van der Waals surface area contributed by atoms with Crippen molar-refractivity contribution in [1.82, 2.24) is 0 Å². The van der Waals surface area contributed by atoms with Crippen molar-refractivity contribution in [3.05, 3.63) is 68.5 Å². The van der Waals surface area contributed by atoms with Gasteiger partial charge in [0.1, 0.15) is 29.6 Å². The third kappa shape index (κ3) is 4.86. The molecule has 0 radical (unpaired) electrons. The minimum Gasteiger partial charge on any atom is -0.489 e. The van der Waals surface area contributed by atoms with E-state index in [4.69, 9.17) is 14.2 Å². The van der Waals surface area contributed by atoms with Crippen LogP contribution in [0.15, 0.2) is 68.5 Å². The van der Waals surface area contributed by atoms with Crippen LogP contribution in [0.2, 0.25) is 0 Å². The Labute approximate surface area is 118 Å². The van der Waals surface area contributed by atoms with Crippen LogP contribution in [0.3, 0.4) is 0 Å². The maximum absolute atomic E-state index is 11.2. The van der Waals surface area contributed by atoms with E-state index in [0.717, 1.165) is 6.08 Å². The van der Waals surface area contributed by atoms with Crippen LogP contribution >= 0.6 is 0 Å². The lowest BCUT2D eigenvalue weighted by atomic mass is 10.3. The molecule has 0 atom stereocenters. The largest absolute Gasteiger partial charge is 0.489 e. The molecule has 1 aromatic carbocycles. The fourth-order valence-corrected chi connectivity index (χ4v) is 1.25. The third-order valence-corrected chi connectivity index (χ3v) is 2.08. The second-order valence-electron chi connectivity index (χ2n) is 3.64. The molecule has 0 heterocycles. The molecule has 0 aliphatic heterocycles. The van der Waals surface area contributed by atoms with E-state index in [2.05, 4.69) is 26.3 Å². The molecule has 0 aliphatic rings. The minimum absolute atomic E-state index is 0.281. The summed E-state index contributed by atoms with van der Waals surface area (Å²) in [5.41, 5.74) is 0. The molecule has 0 saturated heterocycles. The van der Waals surface area contributed by atoms with Gasteiger partial charge >= 0.3 is 5.97 Å². The third-order valence-electron chi connectivity index (χ3n) is 2.08. The van der Waals surface area contributed by atoms with E-state index < -0.39 is 5.97 Å². The van der Waals surface area contributed by atoms with Crippen molar-refractivity contribution < 1.29 is 19.0 Å². The topological polar surface area (TPSA) is 44.8 Å². The monoisotopic (exact) mass is 272 g/mol. The van der Waals surface area contributed by atoms with Crippen molar-refractivity contribution in [1.29, 1.82) is 0 Å². The number of rotatable bonds is 8. The van der Waals surface area contributed by atoms with Gasteiger partial charge in [0.05, 0.1) is 0 Å². The first-order valence-electron chi connectivity index (χ1n) is 5.81. The quantitative estimate of drug-likeness (QED) is 0.182. The highest BCUT2D eigenvalue weighted by Gasteiger charge is 2.07. The Kier molecular flexibility index (Phi) is 5.84. The van der Waals surface area contributed by atoms with E-state index in [1.807, 2.05) is 0 Å². The molecule has 4 heteroatoms. The van der Waals surface area contributed by atoms with Crippen molar-refractivity contribution in [3.8, 4) is 17.2 Å². The zero-order chi connectivity index (χ0) is 15.0. The van der Waals surface area contributed by atoms with E-state index in [9.17, 15) is 4.79 Å². The van der Waals surface area contributed by atoms with Gasteiger partial charge in [0.15, 0.2) is 0 Å². The van der Waals surface area contributed by atoms with Gasteiger partial charge in [0.2, 0.25) is 0 Å². The lowest BCUT2D eigenvalue weighted by Gasteiger charge is -2.11. The molecule has 0 saturated carbocycles. The summed E-state index contributed by atoms with van der Waals surface area (Å²) >= 11 is 0. The van der Waals surface area contributed by atoms with Crippen LogP contribution in [0.4, 0.5) is 0 Å². The van der Waals surface area contributed by atoms with Crippen molar-refractivity contribution in [2.24, 2.45) is 0 Å². The van der Waals surface area contributed by atoms with Crippen LogP contribution in [0.5, 0.6) is 17.2 Å². The number of ether oxygens (including phenoxy) is 3. The van der Waals surface area contributed by atoms with Gasteiger partial charge < -0.3 is 14.2 Å². The first-order valence-corrected chi connectivity index (χ1v) is 5.81. The van der Waals surface area contributed by atoms with Gasteiger partial charge in [-0.2, -0.15) is 0 Å². The molecule has 20 heavy (non-hydrogen) atoms. The molecule has 0 aromatic heterocycles. The Balaban J connectivity index is 3.02. The second kappa shape index (κ2) is 7.63. The first-order chi connectivity index (χ1) is 9.58. The first kappa shape index (κ1) is 15.3. The summed E-state index contributed by atoms with van der Waals surface area (Å²) < 4.78 is 15.8. The molecular formula is C16H16O4. The van der Waals surface area contributed by atoms with Gasteiger partial charge in [-0.05, 0) is 6.08 Å². The molecule has 0 aliphatic carbocycles. The van der Waals surface area contributed by atoms with Crippen LogP contribution < -0.4 is 14.2 Å². The van der Waals surface area contributed by atoms with E-state index in [-0.39, 0.29) is 5.75 Å². The highest BCUT2D eigenvalue weighted by molar-refractivity contribution is 5.83. The van der Waals surface area contributed by atoms with Crippen LogP contribution in [0.1, 0.15) is 0 Å². The van der Waals surface area contributed by atoms with E-state index in [0.29, 0.717) is 23.9 Å². The highest BCUT2D eigenvalue weighted by atomic mass is 16.5. The van der Waals surface area contributed by atoms with Crippen LogP contribution in [-0.2, 0) is 4.79 Å². The van der Waals surface area contributed by atoms with E-state index in [1.54, 1.807) is 18.2 Å². The Morgan fingerprint density at radius 2 is 1.60 bits per heavy atom. The summed E-state index contributed by atoms with van der Waals surface area (Å²) in [6.45, 7) is 14.4. The molecule has 0 N–H and O–H groups in total. The van der Waals surface area contributed by atoms with Gasteiger partial charge in [-0.1, -0.05) is 32.4 Å². The Bertz CT molecular complexity index is 503. The van der Waals surface area contributed by atoms with Crippen molar-refractivity contribution in [2.75, 3.05) is 6.61 Å². The lowest BCUT2D eigenvalue weighted by Crippen LogP contribution is -2.04. The zero-order valence-corrected chi connectivity index (χ0v) is 11.1. The maximum atomic E-state index is 11.2. The molecule has 1 rings (SSSR count). The number of esters is 1. The Morgan fingerprint density at radius 3 is 2.15 bits per heavy atom. The number of hydrogen-bond donors (Lipinski definition) is 0. The van der Waals surface area contributed by atoms with Gasteiger partial charge in [0, 0.05) is 24.3 Å². The summed E-state index contributed by atoms with van der Waals surface area (Å²) in [6.07, 6.45) is 4.14. The SMILES string of the molecule is C=CCOc1cc(OC(=C)C=C)cc(OC(=O)C=C)c1. The number of allylic oxidation sites excluding steroid dienone is 1. The van der Waals surface area contributed by atoms with Crippen molar-refractivity contribution in [3.63, 3.8) is 0 Å². The van der Waals surface area contributed by atoms with Gasteiger partial charge in [-0.25, -0.2) is 4.79 Å². The predicted molar refractivity (Wildman–Crippen MR) is 77.9 cm³/mol. The van der Waals surface area contributed by atoms with Gasteiger partial charge in [-0.3, -0.25) is 0 Å². The normalized spacial score (nSPS) is 9.20. The highest BCUT2D eigenvalue weighted by Crippen LogP contribution is 2.29. The van der Waals surface area contributed by atoms with Crippen LogP contribution in [0.25, 0.3) is 0 Å². The molecule has 4 nitrogen and oxygen atoms in total. The Morgan fingerprint density at radius 1 is 1.00 bits per heavy atom. The summed E-state index contributed by atoms with van der Waals surface area (Å²) in [5.74, 6) is 0.976. The predicted octanol–water partition coefficient (Wildman–Crippen LogP) is 3.42. The number of hydrogen-bond acceptors (Lipinski definition) is 4. The minimum atomic E-state index is -0.570. The fourth-order valence-electron chi connectivity index (χ4n) is 1.25. The molecule has 0 spiro atoms. The number of benzene rings is 1. The average molecular weight is 272 g/mol. The molecule has 0 bridgehead atoms. The van der Waals surface area contributed by atoms with Gasteiger partial charge in [-0.15, -0.1) is 0 Å². The van der Waals surface area contributed by atoms with Crippen LogP contribution in [0, 0.1) is 0 Å². The summed E-state index contributed by atoms with van der Waals surface area (Å²) in [5, 5.41) is 0. The van der Waals surface area contributed by atoms with E-state index >= 15 is 0 Å². The lowest BCUT2D eigenvalue weighted by molar-refractivity contribution is -0.128. The van der Waals surface area contributed by atoms with Crippen molar-refractivity contribution in [2.45, 2.75) is 0 Å². The number of carbonyl (C=O) groups is 1. The molecule has 0 fully saturated rings. The molecular weight excluding hydrogens is 256 g/mol. The second-order valence-corrected chi connectivity index (χ2v) is 3.64. The zero-order valence-electron chi connectivity index (χ0n) is 11.1. The molecule has 104 valence electrons. The van der Waals surface area contributed by atoms with E-state index in [1.165, 1.54) is 12.1 Å². The van der Waals surface area contributed by atoms with Crippen LogP contribution in [-0.4, -0.2) is 12.6 Å². The smallest absolute Gasteiger partial charge is 0.335 e. The molecule has 0 unspecified atom stereocenters. The average Bonchev–Trinajstić information content (AvgIpc) is 2.44. The van der Waals surface area contributed by atoms with Gasteiger partial charge in [0.25, 0.3) is 0 Å². The number of carbonyl (C=O) groups excluding carboxylic acids is 1. The summed E-state index contributed by atoms with van der Waals surface area (Å²) in [7, 11) is 0.